The van der Waals surface area contributed by atoms with Gasteiger partial charge in [-0.2, -0.15) is 5.10 Å². The molecule has 0 spiro atoms. The molecule has 0 radical (unpaired) electrons. The normalized spacial score (nSPS) is 26.3. The summed E-state index contributed by atoms with van der Waals surface area (Å²) >= 11 is 0. The number of fused-ring (bicyclic) bond motifs is 1. The van der Waals surface area contributed by atoms with Gasteiger partial charge < -0.3 is 10.1 Å². The van der Waals surface area contributed by atoms with Crippen molar-refractivity contribution in [1.82, 2.24) is 20.1 Å². The van der Waals surface area contributed by atoms with E-state index < -0.39 is 0 Å². The van der Waals surface area contributed by atoms with Crippen LogP contribution in [0.2, 0.25) is 0 Å². The Morgan fingerprint density at radius 1 is 1.26 bits per heavy atom. The van der Waals surface area contributed by atoms with Crippen LogP contribution in [0.1, 0.15) is 58.1 Å². The lowest BCUT2D eigenvalue weighted by molar-refractivity contribution is 0.177. The van der Waals surface area contributed by atoms with E-state index >= 15 is 0 Å². The van der Waals surface area contributed by atoms with Crippen LogP contribution in [0.25, 0.3) is 0 Å². The number of nitrogens with one attached hydrogen (secondary N) is 1. The molecule has 1 aromatic heterocycles. The van der Waals surface area contributed by atoms with Gasteiger partial charge in [-0.3, -0.25) is 0 Å². The molecule has 1 N–H and O–H groups in total. The van der Waals surface area contributed by atoms with Crippen molar-refractivity contribution in [3.8, 4) is 0 Å². The lowest BCUT2D eigenvalue weighted by Crippen LogP contribution is -2.45. The summed E-state index contributed by atoms with van der Waals surface area (Å²) < 4.78 is 7.20. The first kappa shape index (κ1) is 16.7. The van der Waals surface area contributed by atoms with Crippen LogP contribution in [0, 0.1) is 5.92 Å². The van der Waals surface area contributed by atoms with Gasteiger partial charge in [-0.25, -0.2) is 9.67 Å². The maximum atomic E-state index is 5.14. The van der Waals surface area contributed by atoms with Crippen LogP contribution in [-0.4, -0.2) is 34.0 Å². The monoisotopic (exact) mass is 318 g/mol. The molecular formula is C18H30N4O. The van der Waals surface area contributed by atoms with E-state index in [2.05, 4.69) is 40.9 Å². The Labute approximate surface area is 139 Å². The summed E-state index contributed by atoms with van der Waals surface area (Å²) in [6.45, 7) is 8.37. The topological polar surface area (TPSA) is 52.0 Å². The van der Waals surface area contributed by atoms with E-state index in [1.54, 1.807) is 18.3 Å². The summed E-state index contributed by atoms with van der Waals surface area (Å²) in [5.41, 5.74) is 3.20. The minimum Gasteiger partial charge on any atom is -0.377 e. The molecule has 2 aliphatic rings. The molecule has 2 heterocycles. The van der Waals surface area contributed by atoms with Gasteiger partial charge in [0.1, 0.15) is 12.4 Å². The van der Waals surface area contributed by atoms with Gasteiger partial charge in [-0.15, -0.1) is 0 Å². The Balaban J connectivity index is 1.57. The van der Waals surface area contributed by atoms with Crippen LogP contribution in [0.3, 0.4) is 0 Å². The number of allylic oxidation sites excluding steroid dienone is 2. The number of nitrogens with zero attached hydrogens (tertiary/aromatic N) is 3. The number of hydrogen-bond donors (Lipinski definition) is 1. The smallest absolute Gasteiger partial charge is 0.176 e. The van der Waals surface area contributed by atoms with E-state index in [1.807, 2.05) is 0 Å². The molecule has 3 rings (SSSR count). The lowest BCUT2D eigenvalue weighted by atomic mass is 9.81. The SMILES string of the molecule is COCc1nc2n(n1)C[C@H](N[C@H](C)[C@@H]1CCC(C)=C(C)C1)CC2. The fourth-order valence-corrected chi connectivity index (χ4v) is 3.91. The summed E-state index contributed by atoms with van der Waals surface area (Å²) in [5, 5.41) is 8.43. The van der Waals surface area contributed by atoms with Gasteiger partial charge in [0.15, 0.2) is 5.82 Å². The molecule has 128 valence electrons. The first-order valence-electron chi connectivity index (χ1n) is 8.89. The predicted octanol–water partition coefficient (Wildman–Crippen LogP) is 2.85. The molecular weight excluding hydrogens is 288 g/mol. The van der Waals surface area contributed by atoms with E-state index in [4.69, 9.17) is 4.74 Å². The van der Waals surface area contributed by atoms with E-state index in [-0.39, 0.29) is 0 Å². The summed E-state index contributed by atoms with van der Waals surface area (Å²) in [6, 6.07) is 1.06. The van der Waals surface area contributed by atoms with Crippen LogP contribution in [-0.2, 0) is 24.3 Å². The van der Waals surface area contributed by atoms with Crippen LogP contribution < -0.4 is 5.32 Å². The van der Waals surface area contributed by atoms with Crippen molar-refractivity contribution in [1.29, 1.82) is 0 Å². The van der Waals surface area contributed by atoms with E-state index in [0.717, 1.165) is 37.0 Å². The van der Waals surface area contributed by atoms with E-state index in [9.17, 15) is 0 Å². The third kappa shape index (κ3) is 3.83. The van der Waals surface area contributed by atoms with Crippen LogP contribution in [0.15, 0.2) is 11.1 Å². The predicted molar refractivity (Wildman–Crippen MR) is 91.2 cm³/mol. The van der Waals surface area contributed by atoms with Crippen LogP contribution in [0.5, 0.6) is 0 Å². The third-order valence-corrected chi connectivity index (χ3v) is 5.57. The number of hydrogen-bond acceptors (Lipinski definition) is 4. The quantitative estimate of drug-likeness (QED) is 0.848. The highest BCUT2D eigenvalue weighted by atomic mass is 16.5. The van der Waals surface area contributed by atoms with Crippen molar-refractivity contribution < 1.29 is 4.74 Å². The van der Waals surface area contributed by atoms with Crippen LogP contribution >= 0.6 is 0 Å². The minimum atomic E-state index is 0.502. The van der Waals surface area contributed by atoms with Crippen molar-refractivity contribution in [3.63, 3.8) is 0 Å². The van der Waals surface area contributed by atoms with Gasteiger partial charge in [0.25, 0.3) is 0 Å². The molecule has 0 unspecified atom stereocenters. The molecule has 1 aromatic rings. The first-order valence-corrected chi connectivity index (χ1v) is 8.89. The molecule has 0 fully saturated rings. The number of aromatic nitrogens is 3. The second-order valence-corrected chi connectivity index (χ2v) is 7.31. The molecule has 0 saturated heterocycles. The van der Waals surface area contributed by atoms with E-state index in [0.29, 0.717) is 18.7 Å². The molecule has 0 amide bonds. The van der Waals surface area contributed by atoms with Gasteiger partial charge in [0.2, 0.25) is 0 Å². The van der Waals surface area contributed by atoms with Crippen molar-refractivity contribution >= 4 is 0 Å². The van der Waals surface area contributed by atoms with E-state index in [1.165, 1.54) is 19.3 Å². The molecule has 1 aliphatic heterocycles. The molecule has 3 atom stereocenters. The summed E-state index contributed by atoms with van der Waals surface area (Å²) in [6.07, 6.45) is 5.98. The average molecular weight is 318 g/mol. The minimum absolute atomic E-state index is 0.502. The maximum Gasteiger partial charge on any atom is 0.176 e. The highest BCUT2D eigenvalue weighted by Crippen LogP contribution is 2.31. The van der Waals surface area contributed by atoms with Gasteiger partial charge in [0.05, 0.1) is 6.54 Å². The molecule has 5 heteroatoms. The summed E-state index contributed by atoms with van der Waals surface area (Å²) in [5.74, 6) is 2.68. The number of ether oxygens (including phenoxy) is 1. The molecule has 5 nitrogen and oxygen atoms in total. The van der Waals surface area contributed by atoms with Gasteiger partial charge >= 0.3 is 0 Å². The zero-order valence-electron chi connectivity index (χ0n) is 14.9. The van der Waals surface area contributed by atoms with Gasteiger partial charge in [-0.05, 0) is 52.4 Å². The van der Waals surface area contributed by atoms with Gasteiger partial charge in [0, 0.05) is 25.6 Å². The Morgan fingerprint density at radius 2 is 2.09 bits per heavy atom. The lowest BCUT2D eigenvalue weighted by Gasteiger charge is -2.34. The van der Waals surface area contributed by atoms with Crippen molar-refractivity contribution in [2.75, 3.05) is 7.11 Å². The van der Waals surface area contributed by atoms with Gasteiger partial charge in [-0.1, -0.05) is 11.1 Å². The maximum absolute atomic E-state index is 5.14. The summed E-state index contributed by atoms with van der Waals surface area (Å²) in [4.78, 5) is 4.56. The van der Waals surface area contributed by atoms with Crippen molar-refractivity contribution in [2.45, 2.75) is 78.1 Å². The zero-order valence-corrected chi connectivity index (χ0v) is 14.9. The fraction of sp³-hybridized carbons (Fsp3) is 0.778. The number of aryl methyl sites for hydroxylation is 1. The molecule has 0 saturated carbocycles. The highest BCUT2D eigenvalue weighted by Gasteiger charge is 2.27. The molecule has 0 aromatic carbocycles. The Hall–Kier alpha value is -1.20. The summed E-state index contributed by atoms with van der Waals surface area (Å²) in [7, 11) is 1.69. The second-order valence-electron chi connectivity index (χ2n) is 7.31. The Bertz CT molecular complexity index is 578. The Morgan fingerprint density at radius 3 is 2.83 bits per heavy atom. The third-order valence-electron chi connectivity index (χ3n) is 5.57. The molecule has 23 heavy (non-hydrogen) atoms. The number of methoxy groups -OCH3 is 1. The second kappa shape index (κ2) is 7.14. The largest absolute Gasteiger partial charge is 0.377 e. The standard InChI is InChI=1S/C18H30N4O/c1-12-5-6-15(9-13(12)2)14(3)19-16-7-8-18-20-17(11-23-4)21-22(18)10-16/h14-16,19H,5-11H2,1-4H3/t14-,15-,16-/m1/s1. The average Bonchev–Trinajstić information content (AvgIpc) is 2.92. The molecule has 0 bridgehead atoms. The first-order chi connectivity index (χ1) is 11.1. The fourth-order valence-electron chi connectivity index (χ4n) is 3.91. The number of rotatable bonds is 5. The van der Waals surface area contributed by atoms with Crippen molar-refractivity contribution in [3.05, 3.63) is 22.8 Å². The highest BCUT2D eigenvalue weighted by molar-refractivity contribution is 5.14. The molecule has 1 aliphatic carbocycles. The zero-order chi connectivity index (χ0) is 16.4. The van der Waals surface area contributed by atoms with Crippen molar-refractivity contribution in [2.24, 2.45) is 5.92 Å². The Kier molecular flexibility index (Phi) is 5.17. The van der Waals surface area contributed by atoms with Crippen LogP contribution in [0.4, 0.5) is 0 Å².